The van der Waals surface area contributed by atoms with Crippen LogP contribution in [0.3, 0.4) is 0 Å². The van der Waals surface area contributed by atoms with Crippen molar-refractivity contribution in [3.05, 3.63) is 77.1 Å². The number of aromatic nitrogens is 2. The molecule has 3 aromatic rings. The molecule has 5 nitrogen and oxygen atoms in total. The number of rotatable bonds is 6. The van der Waals surface area contributed by atoms with Gasteiger partial charge in [-0.15, -0.1) is 0 Å². The number of hydrogen-bond acceptors (Lipinski definition) is 5. The molecular formula is C21H22F2N4O. The van der Waals surface area contributed by atoms with Gasteiger partial charge in [0.05, 0.1) is 0 Å². The lowest BCUT2D eigenvalue weighted by Crippen LogP contribution is -2.34. The molecule has 146 valence electrons. The SMILES string of the molecule is Fc1ccc(CNc2nc([C@H]3CCCN(Cc4ccc(F)cc4)C3)no2)cc1. The van der Waals surface area contributed by atoms with E-state index in [1.807, 2.05) is 12.1 Å². The smallest absolute Gasteiger partial charge is 0.321 e. The van der Waals surface area contributed by atoms with Gasteiger partial charge >= 0.3 is 6.01 Å². The maximum absolute atomic E-state index is 13.1. The maximum Gasteiger partial charge on any atom is 0.321 e. The van der Waals surface area contributed by atoms with Gasteiger partial charge < -0.3 is 9.84 Å². The van der Waals surface area contributed by atoms with Gasteiger partial charge in [-0.05, 0) is 54.8 Å². The van der Waals surface area contributed by atoms with Gasteiger partial charge in [0.15, 0.2) is 5.82 Å². The molecule has 1 aromatic heterocycles. The van der Waals surface area contributed by atoms with E-state index in [1.165, 1.54) is 24.3 Å². The number of likely N-dealkylation sites (tertiary alicyclic amines) is 1. The predicted molar refractivity (Wildman–Crippen MR) is 102 cm³/mol. The Kier molecular flexibility index (Phi) is 5.62. The number of halogens is 2. The molecule has 4 rings (SSSR count). The van der Waals surface area contributed by atoms with E-state index in [-0.39, 0.29) is 17.6 Å². The van der Waals surface area contributed by atoms with E-state index in [0.29, 0.717) is 18.4 Å². The monoisotopic (exact) mass is 384 g/mol. The van der Waals surface area contributed by atoms with Crippen molar-refractivity contribution in [1.82, 2.24) is 15.0 Å². The molecule has 1 fully saturated rings. The zero-order valence-electron chi connectivity index (χ0n) is 15.4. The summed E-state index contributed by atoms with van der Waals surface area (Å²) in [5.74, 6) is 0.434. The number of piperidine rings is 1. The van der Waals surface area contributed by atoms with Crippen molar-refractivity contribution in [2.75, 3.05) is 18.4 Å². The van der Waals surface area contributed by atoms with E-state index in [4.69, 9.17) is 4.52 Å². The topological polar surface area (TPSA) is 54.2 Å². The molecule has 1 aliphatic rings. The largest absolute Gasteiger partial charge is 0.334 e. The number of hydrogen-bond donors (Lipinski definition) is 1. The van der Waals surface area contributed by atoms with Crippen molar-refractivity contribution in [3.8, 4) is 0 Å². The highest BCUT2D eigenvalue weighted by atomic mass is 19.1. The number of nitrogens with zero attached hydrogens (tertiary/aromatic N) is 3. The molecule has 1 aliphatic heterocycles. The third-order valence-electron chi connectivity index (χ3n) is 4.99. The van der Waals surface area contributed by atoms with E-state index in [1.54, 1.807) is 12.1 Å². The fourth-order valence-corrected chi connectivity index (χ4v) is 3.51. The van der Waals surface area contributed by atoms with E-state index < -0.39 is 0 Å². The fourth-order valence-electron chi connectivity index (χ4n) is 3.51. The van der Waals surface area contributed by atoms with Crippen LogP contribution in [0.5, 0.6) is 0 Å². The summed E-state index contributed by atoms with van der Waals surface area (Å²) in [4.78, 5) is 6.82. The van der Waals surface area contributed by atoms with Crippen molar-refractivity contribution in [3.63, 3.8) is 0 Å². The van der Waals surface area contributed by atoms with Gasteiger partial charge in [0, 0.05) is 25.6 Å². The zero-order chi connectivity index (χ0) is 19.3. The molecule has 0 bridgehead atoms. The first-order valence-corrected chi connectivity index (χ1v) is 9.44. The van der Waals surface area contributed by atoms with Crippen LogP contribution < -0.4 is 5.32 Å². The van der Waals surface area contributed by atoms with Crippen molar-refractivity contribution in [2.24, 2.45) is 0 Å². The first-order valence-electron chi connectivity index (χ1n) is 9.44. The number of nitrogens with one attached hydrogen (secondary N) is 1. The molecule has 2 heterocycles. The Morgan fingerprint density at radius 2 is 1.68 bits per heavy atom. The van der Waals surface area contributed by atoms with Crippen LogP contribution in [-0.4, -0.2) is 28.1 Å². The highest BCUT2D eigenvalue weighted by molar-refractivity contribution is 5.25. The summed E-state index contributed by atoms with van der Waals surface area (Å²) in [6.07, 6.45) is 2.07. The van der Waals surface area contributed by atoms with E-state index >= 15 is 0 Å². The highest BCUT2D eigenvalue weighted by Gasteiger charge is 2.25. The summed E-state index contributed by atoms with van der Waals surface area (Å²) in [5.41, 5.74) is 2.03. The molecule has 7 heteroatoms. The van der Waals surface area contributed by atoms with E-state index in [2.05, 4.69) is 20.4 Å². The van der Waals surface area contributed by atoms with Gasteiger partial charge in [-0.25, -0.2) is 8.78 Å². The summed E-state index contributed by atoms with van der Waals surface area (Å²) in [5, 5.41) is 7.22. The minimum atomic E-state index is -0.258. The normalized spacial score (nSPS) is 17.6. The van der Waals surface area contributed by atoms with Gasteiger partial charge in [0.1, 0.15) is 11.6 Å². The summed E-state index contributed by atoms with van der Waals surface area (Å²) >= 11 is 0. The highest BCUT2D eigenvalue weighted by Crippen LogP contribution is 2.26. The Morgan fingerprint density at radius 3 is 2.39 bits per heavy atom. The average Bonchev–Trinajstić information content (AvgIpc) is 3.19. The molecule has 1 atom stereocenters. The number of anilines is 1. The van der Waals surface area contributed by atoms with Crippen molar-refractivity contribution < 1.29 is 13.3 Å². The molecule has 0 amide bonds. The van der Waals surface area contributed by atoms with Crippen LogP contribution >= 0.6 is 0 Å². The first kappa shape index (κ1) is 18.6. The van der Waals surface area contributed by atoms with Crippen LogP contribution in [0.1, 0.15) is 35.7 Å². The van der Waals surface area contributed by atoms with Crippen LogP contribution in [0, 0.1) is 11.6 Å². The Morgan fingerprint density at radius 1 is 1.00 bits per heavy atom. The second kappa shape index (κ2) is 8.48. The van der Waals surface area contributed by atoms with Crippen LogP contribution in [0.25, 0.3) is 0 Å². The van der Waals surface area contributed by atoms with Gasteiger partial charge in [-0.3, -0.25) is 4.90 Å². The van der Waals surface area contributed by atoms with Crippen LogP contribution in [0.15, 0.2) is 53.1 Å². The zero-order valence-corrected chi connectivity index (χ0v) is 15.4. The van der Waals surface area contributed by atoms with Gasteiger partial charge in [0.2, 0.25) is 0 Å². The second-order valence-electron chi connectivity index (χ2n) is 7.14. The third-order valence-corrected chi connectivity index (χ3v) is 4.99. The lowest BCUT2D eigenvalue weighted by Gasteiger charge is -2.31. The third kappa shape index (κ3) is 4.72. The van der Waals surface area contributed by atoms with Crippen LogP contribution in [-0.2, 0) is 13.1 Å². The Balaban J connectivity index is 1.33. The number of benzene rings is 2. The van der Waals surface area contributed by atoms with E-state index in [0.717, 1.165) is 43.6 Å². The van der Waals surface area contributed by atoms with Gasteiger partial charge in [0.25, 0.3) is 0 Å². The summed E-state index contributed by atoms with van der Waals surface area (Å²) in [6.45, 7) is 3.11. The Bertz CT molecular complexity index is 896. The maximum atomic E-state index is 13.1. The van der Waals surface area contributed by atoms with E-state index in [9.17, 15) is 8.78 Å². The summed E-state index contributed by atoms with van der Waals surface area (Å²) in [7, 11) is 0. The van der Waals surface area contributed by atoms with Crippen molar-refractivity contribution in [1.29, 1.82) is 0 Å². The molecule has 28 heavy (non-hydrogen) atoms. The molecule has 2 aromatic carbocycles. The van der Waals surface area contributed by atoms with Crippen LogP contribution in [0.2, 0.25) is 0 Å². The first-order chi connectivity index (χ1) is 13.7. The van der Waals surface area contributed by atoms with Gasteiger partial charge in [-0.2, -0.15) is 4.98 Å². The Labute approximate surface area is 162 Å². The molecule has 0 radical (unpaired) electrons. The minimum absolute atomic E-state index is 0.208. The molecule has 0 spiro atoms. The standard InChI is InChI=1S/C21H22F2N4O/c22-18-7-3-15(4-8-18)12-24-21-25-20(26-28-21)17-2-1-11-27(14-17)13-16-5-9-19(23)10-6-16/h3-10,17H,1-2,11-14H2,(H,24,25,26)/t17-/m0/s1. The summed E-state index contributed by atoms with van der Waals surface area (Å²) in [6, 6.07) is 13.3. The lowest BCUT2D eigenvalue weighted by molar-refractivity contribution is 0.194. The minimum Gasteiger partial charge on any atom is -0.334 e. The lowest BCUT2D eigenvalue weighted by atomic mass is 9.97. The van der Waals surface area contributed by atoms with Crippen molar-refractivity contribution >= 4 is 6.01 Å². The molecule has 0 saturated carbocycles. The fraction of sp³-hybridized carbons (Fsp3) is 0.333. The van der Waals surface area contributed by atoms with Gasteiger partial charge in [-0.1, -0.05) is 29.4 Å². The molecule has 1 saturated heterocycles. The molecule has 0 aliphatic carbocycles. The molecular weight excluding hydrogens is 362 g/mol. The molecule has 1 N–H and O–H groups in total. The molecule has 0 unspecified atom stereocenters. The quantitative estimate of drug-likeness (QED) is 0.685. The summed E-state index contributed by atoms with van der Waals surface area (Å²) < 4.78 is 31.4. The average molecular weight is 384 g/mol. The second-order valence-corrected chi connectivity index (χ2v) is 7.14. The Hall–Kier alpha value is -2.80. The predicted octanol–water partition coefficient (Wildman–Crippen LogP) is 4.34. The van der Waals surface area contributed by atoms with Crippen LogP contribution in [0.4, 0.5) is 14.8 Å². The van der Waals surface area contributed by atoms with Crippen molar-refractivity contribution in [2.45, 2.75) is 31.8 Å².